The molecule has 0 aromatic heterocycles. The number of aryl methyl sites for hydroxylation is 1. The summed E-state index contributed by atoms with van der Waals surface area (Å²) in [6.07, 6.45) is 4.84. The van der Waals surface area contributed by atoms with Crippen LogP contribution in [0.1, 0.15) is 43.7 Å². The zero-order valence-corrected chi connectivity index (χ0v) is 19.9. The van der Waals surface area contributed by atoms with Crippen LogP contribution in [0.15, 0.2) is 23.2 Å². The number of amides is 1. The topological polar surface area (TPSA) is 66.0 Å². The molecule has 0 radical (unpaired) electrons. The Morgan fingerprint density at radius 1 is 1.29 bits per heavy atom. The predicted molar refractivity (Wildman–Crippen MR) is 126 cm³/mol. The van der Waals surface area contributed by atoms with Crippen LogP contribution in [0, 0.1) is 6.92 Å². The van der Waals surface area contributed by atoms with E-state index in [1.807, 2.05) is 11.8 Å². The van der Waals surface area contributed by atoms with E-state index in [9.17, 15) is 4.79 Å². The lowest BCUT2D eigenvalue weighted by atomic mass is 10.0. The van der Waals surface area contributed by atoms with Crippen molar-refractivity contribution in [3.8, 4) is 5.75 Å². The Kier molecular flexibility index (Phi) is 11.3. The summed E-state index contributed by atoms with van der Waals surface area (Å²) >= 11 is 0. The van der Waals surface area contributed by atoms with Crippen LogP contribution in [0.4, 0.5) is 0 Å². The maximum absolute atomic E-state index is 12.4. The Morgan fingerprint density at radius 3 is 2.71 bits per heavy atom. The van der Waals surface area contributed by atoms with Crippen molar-refractivity contribution < 1.29 is 9.53 Å². The molecule has 0 saturated carbocycles. The van der Waals surface area contributed by atoms with Crippen molar-refractivity contribution in [2.45, 2.75) is 52.0 Å². The summed E-state index contributed by atoms with van der Waals surface area (Å²) in [4.78, 5) is 18.6. The Morgan fingerprint density at radius 2 is 2.04 bits per heavy atom. The van der Waals surface area contributed by atoms with E-state index >= 15 is 0 Å². The fraction of sp³-hybridized carbons (Fsp3) is 0.619. The highest BCUT2D eigenvalue weighted by atomic mass is 127. The number of rotatable bonds is 7. The van der Waals surface area contributed by atoms with Crippen LogP contribution in [0.3, 0.4) is 0 Å². The number of methoxy groups -OCH3 is 1. The van der Waals surface area contributed by atoms with Crippen molar-refractivity contribution in [2.24, 2.45) is 4.99 Å². The Bertz CT molecular complexity index is 651. The van der Waals surface area contributed by atoms with Crippen LogP contribution in [0.2, 0.25) is 0 Å². The minimum Gasteiger partial charge on any atom is -0.496 e. The third-order valence-electron chi connectivity index (χ3n) is 5.16. The number of piperidine rings is 1. The maximum atomic E-state index is 12.4. The molecule has 1 saturated heterocycles. The minimum atomic E-state index is 0. The third-order valence-corrected chi connectivity index (χ3v) is 5.16. The van der Waals surface area contributed by atoms with Crippen LogP contribution in [-0.2, 0) is 11.2 Å². The first kappa shape index (κ1) is 24.5. The lowest BCUT2D eigenvalue weighted by molar-refractivity contribution is -0.134. The van der Waals surface area contributed by atoms with E-state index in [2.05, 4.69) is 40.7 Å². The molecule has 28 heavy (non-hydrogen) atoms. The summed E-state index contributed by atoms with van der Waals surface area (Å²) in [5.74, 6) is 1.88. The minimum absolute atomic E-state index is 0. The van der Waals surface area contributed by atoms with E-state index in [0.29, 0.717) is 19.0 Å². The van der Waals surface area contributed by atoms with E-state index in [-0.39, 0.29) is 29.9 Å². The molecule has 1 unspecified atom stereocenters. The highest BCUT2D eigenvalue weighted by Gasteiger charge is 2.22. The zero-order chi connectivity index (χ0) is 19.6. The average molecular weight is 502 g/mol. The van der Waals surface area contributed by atoms with Gasteiger partial charge in [0.05, 0.1) is 7.11 Å². The zero-order valence-electron chi connectivity index (χ0n) is 17.6. The highest BCUT2D eigenvalue weighted by Crippen LogP contribution is 2.19. The lowest BCUT2D eigenvalue weighted by Gasteiger charge is -2.33. The number of likely N-dealkylation sites (tertiary alicyclic amines) is 1. The van der Waals surface area contributed by atoms with Gasteiger partial charge >= 0.3 is 0 Å². The van der Waals surface area contributed by atoms with Gasteiger partial charge in [-0.25, -0.2) is 0 Å². The fourth-order valence-electron chi connectivity index (χ4n) is 3.47. The van der Waals surface area contributed by atoms with Crippen molar-refractivity contribution in [2.75, 3.05) is 33.8 Å². The molecule has 1 aromatic rings. The SMILES string of the molecule is CN=C(NCCC(=O)N1CCCCC1C)NCCc1ccc(C)c(OC)c1.I. The summed E-state index contributed by atoms with van der Waals surface area (Å²) in [7, 11) is 3.45. The number of nitrogens with one attached hydrogen (secondary N) is 2. The summed E-state index contributed by atoms with van der Waals surface area (Å²) in [6, 6.07) is 6.64. The van der Waals surface area contributed by atoms with Crippen LogP contribution >= 0.6 is 24.0 Å². The smallest absolute Gasteiger partial charge is 0.224 e. The van der Waals surface area contributed by atoms with E-state index in [0.717, 1.165) is 49.6 Å². The van der Waals surface area contributed by atoms with Crippen LogP contribution in [0.25, 0.3) is 0 Å². The van der Waals surface area contributed by atoms with Gasteiger partial charge in [-0.1, -0.05) is 12.1 Å². The molecule has 2 rings (SSSR count). The molecule has 6 nitrogen and oxygen atoms in total. The number of carbonyl (C=O) groups is 1. The molecule has 0 bridgehead atoms. The average Bonchev–Trinajstić information content (AvgIpc) is 2.68. The maximum Gasteiger partial charge on any atom is 0.224 e. The molecule has 1 heterocycles. The van der Waals surface area contributed by atoms with Crippen LogP contribution in [-0.4, -0.2) is 56.6 Å². The number of ether oxygens (including phenoxy) is 1. The number of carbonyl (C=O) groups excluding carboxylic acids is 1. The molecule has 0 aliphatic carbocycles. The summed E-state index contributed by atoms with van der Waals surface area (Å²) < 4.78 is 5.37. The van der Waals surface area contributed by atoms with Crippen molar-refractivity contribution >= 4 is 35.8 Å². The number of hydrogen-bond donors (Lipinski definition) is 2. The normalized spacial score (nSPS) is 16.9. The molecule has 2 N–H and O–H groups in total. The van der Waals surface area contributed by atoms with Crippen LogP contribution in [0.5, 0.6) is 5.75 Å². The van der Waals surface area contributed by atoms with Gasteiger partial charge in [-0.05, 0) is 56.7 Å². The second-order valence-electron chi connectivity index (χ2n) is 7.16. The van der Waals surface area contributed by atoms with E-state index in [4.69, 9.17) is 4.74 Å². The van der Waals surface area contributed by atoms with Gasteiger partial charge in [0.1, 0.15) is 5.75 Å². The van der Waals surface area contributed by atoms with Gasteiger partial charge in [-0.3, -0.25) is 9.79 Å². The highest BCUT2D eigenvalue weighted by molar-refractivity contribution is 14.0. The van der Waals surface area contributed by atoms with Crippen molar-refractivity contribution in [3.63, 3.8) is 0 Å². The van der Waals surface area contributed by atoms with E-state index < -0.39 is 0 Å². The Balaban J connectivity index is 0.00000392. The first-order valence-electron chi connectivity index (χ1n) is 9.92. The molecule has 7 heteroatoms. The monoisotopic (exact) mass is 502 g/mol. The van der Waals surface area contributed by atoms with E-state index in [1.54, 1.807) is 14.2 Å². The first-order valence-corrected chi connectivity index (χ1v) is 9.92. The quantitative estimate of drug-likeness (QED) is 0.342. The first-order chi connectivity index (χ1) is 13.0. The van der Waals surface area contributed by atoms with Gasteiger partial charge in [0.25, 0.3) is 0 Å². The predicted octanol–water partition coefficient (Wildman–Crippen LogP) is 3.12. The Hall–Kier alpha value is -1.51. The van der Waals surface area contributed by atoms with Crippen molar-refractivity contribution in [1.82, 2.24) is 15.5 Å². The lowest BCUT2D eigenvalue weighted by Crippen LogP contribution is -2.44. The van der Waals surface area contributed by atoms with Gasteiger partial charge in [0.2, 0.25) is 5.91 Å². The summed E-state index contributed by atoms with van der Waals surface area (Å²) in [5.41, 5.74) is 2.36. The third kappa shape index (κ3) is 7.48. The molecular weight excluding hydrogens is 467 g/mol. The van der Waals surface area contributed by atoms with Gasteiger partial charge in [0.15, 0.2) is 5.96 Å². The van der Waals surface area contributed by atoms with Crippen molar-refractivity contribution in [1.29, 1.82) is 0 Å². The molecule has 158 valence electrons. The molecule has 1 amide bonds. The van der Waals surface area contributed by atoms with Gasteiger partial charge in [-0.2, -0.15) is 0 Å². The Labute approximate surface area is 186 Å². The number of guanidine groups is 1. The second kappa shape index (κ2) is 12.9. The number of benzene rings is 1. The number of hydrogen-bond acceptors (Lipinski definition) is 3. The molecule has 1 aliphatic rings. The number of halogens is 1. The fourth-order valence-corrected chi connectivity index (χ4v) is 3.47. The molecule has 1 atom stereocenters. The van der Waals surface area contributed by atoms with E-state index in [1.165, 1.54) is 12.0 Å². The standard InChI is InChI=1S/C21H34N4O2.HI/c1-16-8-9-18(15-19(16)27-4)10-12-23-21(22-3)24-13-11-20(26)25-14-6-5-7-17(25)2;/h8-9,15,17H,5-7,10-14H2,1-4H3,(H2,22,23,24);1H. The number of aliphatic imine (C=N–C) groups is 1. The molecular formula is C21H35IN4O2. The largest absolute Gasteiger partial charge is 0.496 e. The van der Waals surface area contributed by atoms with Crippen molar-refractivity contribution in [3.05, 3.63) is 29.3 Å². The summed E-state index contributed by atoms with van der Waals surface area (Å²) in [6.45, 7) is 6.44. The van der Waals surface area contributed by atoms with Gasteiger partial charge in [-0.15, -0.1) is 24.0 Å². The number of nitrogens with zero attached hydrogens (tertiary/aromatic N) is 2. The van der Waals surface area contributed by atoms with Gasteiger partial charge < -0.3 is 20.3 Å². The molecule has 0 spiro atoms. The van der Waals surface area contributed by atoms with Gasteiger partial charge in [0, 0.05) is 39.1 Å². The van der Waals surface area contributed by atoms with Crippen LogP contribution < -0.4 is 15.4 Å². The summed E-state index contributed by atoms with van der Waals surface area (Å²) in [5, 5.41) is 6.54. The second-order valence-corrected chi connectivity index (χ2v) is 7.16. The molecule has 1 aromatic carbocycles. The molecule has 1 fully saturated rings. The molecule has 1 aliphatic heterocycles.